The number of hydrogen-bond donors (Lipinski definition) is 1. The maximum atomic E-state index is 13.1. The van der Waals surface area contributed by atoms with Gasteiger partial charge in [-0.1, -0.05) is 11.6 Å². The number of rotatable bonds is 7. The fourth-order valence-electron chi connectivity index (χ4n) is 2.40. The van der Waals surface area contributed by atoms with E-state index in [4.69, 9.17) is 20.4 Å². The summed E-state index contributed by atoms with van der Waals surface area (Å²) in [6.45, 7) is 0.978. The van der Waals surface area contributed by atoms with Crippen molar-refractivity contribution in [3.8, 4) is 0 Å². The Bertz CT molecular complexity index is 783. The molecule has 0 bridgehead atoms. The molecule has 2 heterocycles. The van der Waals surface area contributed by atoms with Gasteiger partial charge < -0.3 is 14.2 Å². The third-order valence-corrected chi connectivity index (χ3v) is 3.80. The van der Waals surface area contributed by atoms with Gasteiger partial charge in [-0.15, -0.1) is 0 Å². The summed E-state index contributed by atoms with van der Waals surface area (Å²) in [6, 6.07) is 11.1. The lowest BCUT2D eigenvalue weighted by Crippen LogP contribution is -2.32. The van der Waals surface area contributed by atoms with Gasteiger partial charge in [-0.2, -0.15) is 0 Å². The average molecular weight is 363 g/mol. The largest absolute Gasteiger partial charge is 0.468 e. The SMILES string of the molecule is O=C(CN(Cc1ccco1)Cc1ccco1)Nc1ccc(F)cc1Cl. The molecule has 0 unspecified atom stereocenters. The van der Waals surface area contributed by atoms with Crippen LogP contribution in [0.3, 0.4) is 0 Å². The van der Waals surface area contributed by atoms with E-state index in [1.54, 1.807) is 24.7 Å². The number of carbonyl (C=O) groups is 1. The van der Waals surface area contributed by atoms with Crippen LogP contribution in [0.4, 0.5) is 10.1 Å². The molecular formula is C18H16ClFN2O3. The number of anilines is 1. The highest BCUT2D eigenvalue weighted by atomic mass is 35.5. The van der Waals surface area contributed by atoms with E-state index in [9.17, 15) is 9.18 Å². The van der Waals surface area contributed by atoms with Crippen LogP contribution in [0.2, 0.25) is 5.02 Å². The van der Waals surface area contributed by atoms with Crippen molar-refractivity contribution < 1.29 is 18.0 Å². The third-order valence-electron chi connectivity index (χ3n) is 3.49. The summed E-state index contributed by atoms with van der Waals surface area (Å²) in [7, 11) is 0. The number of benzene rings is 1. The molecular weight excluding hydrogens is 347 g/mol. The molecule has 0 saturated carbocycles. The topological polar surface area (TPSA) is 58.6 Å². The summed E-state index contributed by atoms with van der Waals surface area (Å²) >= 11 is 5.94. The zero-order chi connectivity index (χ0) is 17.6. The van der Waals surface area contributed by atoms with Gasteiger partial charge in [0.25, 0.3) is 0 Å². The number of carbonyl (C=O) groups excluding carboxylic acids is 1. The van der Waals surface area contributed by atoms with E-state index in [-0.39, 0.29) is 17.5 Å². The van der Waals surface area contributed by atoms with E-state index >= 15 is 0 Å². The van der Waals surface area contributed by atoms with Crippen LogP contribution in [0.25, 0.3) is 0 Å². The van der Waals surface area contributed by atoms with Crippen molar-refractivity contribution in [1.29, 1.82) is 0 Å². The van der Waals surface area contributed by atoms with Gasteiger partial charge in [0.1, 0.15) is 17.3 Å². The Morgan fingerprint density at radius 1 is 1.08 bits per heavy atom. The molecule has 0 aliphatic rings. The number of amides is 1. The van der Waals surface area contributed by atoms with E-state index in [1.165, 1.54) is 12.1 Å². The first kappa shape index (κ1) is 17.3. The van der Waals surface area contributed by atoms with Gasteiger partial charge in [-0.25, -0.2) is 4.39 Å². The second-order valence-electron chi connectivity index (χ2n) is 5.48. The second-order valence-corrected chi connectivity index (χ2v) is 5.88. The Labute approximate surface area is 149 Å². The van der Waals surface area contributed by atoms with Crippen LogP contribution in [-0.4, -0.2) is 17.4 Å². The van der Waals surface area contributed by atoms with Gasteiger partial charge in [-0.05, 0) is 42.5 Å². The number of halogens is 2. The third kappa shape index (κ3) is 4.95. The normalized spacial score (nSPS) is 11.0. The van der Waals surface area contributed by atoms with Crippen molar-refractivity contribution in [1.82, 2.24) is 4.90 Å². The molecule has 7 heteroatoms. The van der Waals surface area contributed by atoms with Crippen molar-refractivity contribution in [3.05, 3.63) is 77.4 Å². The Kier molecular flexibility index (Phi) is 5.53. The quantitative estimate of drug-likeness (QED) is 0.680. The molecule has 0 saturated heterocycles. The van der Waals surface area contributed by atoms with Crippen LogP contribution >= 0.6 is 11.6 Å². The van der Waals surface area contributed by atoms with E-state index in [2.05, 4.69) is 5.32 Å². The summed E-state index contributed by atoms with van der Waals surface area (Å²) in [5.41, 5.74) is 0.365. The van der Waals surface area contributed by atoms with E-state index in [1.807, 2.05) is 17.0 Å². The molecule has 0 atom stereocenters. The highest BCUT2D eigenvalue weighted by Gasteiger charge is 2.16. The number of nitrogens with zero attached hydrogens (tertiary/aromatic N) is 1. The molecule has 1 N–H and O–H groups in total. The van der Waals surface area contributed by atoms with Gasteiger partial charge in [0.2, 0.25) is 5.91 Å². The Hall–Kier alpha value is -2.57. The summed E-state index contributed by atoms with van der Waals surface area (Å²) in [5, 5.41) is 2.84. The predicted octanol–water partition coefficient (Wildman–Crippen LogP) is 4.31. The molecule has 0 aliphatic carbocycles. The Balaban J connectivity index is 1.66. The fraction of sp³-hybridized carbons (Fsp3) is 0.167. The molecule has 1 amide bonds. The highest BCUT2D eigenvalue weighted by Crippen LogP contribution is 2.22. The summed E-state index contributed by atoms with van der Waals surface area (Å²) in [5.74, 6) is 0.741. The standard InChI is InChI=1S/C18H16ClFN2O3/c19-16-9-13(20)5-6-17(16)21-18(23)12-22(10-14-3-1-7-24-14)11-15-4-2-8-25-15/h1-9H,10-12H2,(H,21,23). The zero-order valence-corrected chi connectivity index (χ0v) is 14.0. The summed E-state index contributed by atoms with van der Waals surface area (Å²) in [6.07, 6.45) is 3.16. The minimum atomic E-state index is -0.458. The molecule has 5 nitrogen and oxygen atoms in total. The van der Waals surface area contributed by atoms with Crippen LogP contribution in [0.5, 0.6) is 0 Å². The second kappa shape index (κ2) is 8.00. The molecule has 3 rings (SSSR count). The van der Waals surface area contributed by atoms with Gasteiger partial charge in [0.15, 0.2) is 0 Å². The molecule has 0 aliphatic heterocycles. The van der Waals surface area contributed by atoms with Gasteiger partial charge >= 0.3 is 0 Å². The molecule has 0 spiro atoms. The zero-order valence-electron chi connectivity index (χ0n) is 13.2. The predicted molar refractivity (Wildman–Crippen MR) is 91.6 cm³/mol. The number of nitrogens with one attached hydrogen (secondary N) is 1. The molecule has 2 aromatic heterocycles. The van der Waals surface area contributed by atoms with Crippen LogP contribution in [0.15, 0.2) is 63.8 Å². The smallest absolute Gasteiger partial charge is 0.238 e. The maximum Gasteiger partial charge on any atom is 0.238 e. The number of hydrogen-bond acceptors (Lipinski definition) is 4. The molecule has 130 valence electrons. The monoisotopic (exact) mass is 362 g/mol. The van der Waals surface area contributed by atoms with Crippen molar-refractivity contribution in [2.75, 3.05) is 11.9 Å². The van der Waals surface area contributed by atoms with Crippen LogP contribution in [0, 0.1) is 5.82 Å². The molecule has 1 aromatic carbocycles. The first-order valence-electron chi connectivity index (χ1n) is 7.62. The molecule has 3 aromatic rings. The molecule has 0 fully saturated rings. The minimum absolute atomic E-state index is 0.0924. The van der Waals surface area contributed by atoms with Crippen molar-refractivity contribution in [3.63, 3.8) is 0 Å². The van der Waals surface area contributed by atoms with Gasteiger partial charge in [-0.3, -0.25) is 9.69 Å². The van der Waals surface area contributed by atoms with E-state index < -0.39 is 5.82 Å². The minimum Gasteiger partial charge on any atom is -0.468 e. The van der Waals surface area contributed by atoms with E-state index in [0.717, 1.165) is 17.6 Å². The maximum absolute atomic E-state index is 13.1. The molecule has 0 radical (unpaired) electrons. The Morgan fingerprint density at radius 2 is 1.72 bits per heavy atom. The molecule has 25 heavy (non-hydrogen) atoms. The average Bonchev–Trinajstić information content (AvgIpc) is 3.24. The lowest BCUT2D eigenvalue weighted by Gasteiger charge is -2.19. The van der Waals surface area contributed by atoms with Crippen LogP contribution in [-0.2, 0) is 17.9 Å². The fourth-order valence-corrected chi connectivity index (χ4v) is 2.61. The van der Waals surface area contributed by atoms with Crippen LogP contribution < -0.4 is 5.32 Å². The van der Waals surface area contributed by atoms with Crippen molar-refractivity contribution in [2.24, 2.45) is 0 Å². The van der Waals surface area contributed by atoms with Crippen molar-refractivity contribution >= 4 is 23.2 Å². The van der Waals surface area contributed by atoms with Crippen molar-refractivity contribution in [2.45, 2.75) is 13.1 Å². The summed E-state index contributed by atoms with van der Waals surface area (Å²) < 4.78 is 23.8. The van der Waals surface area contributed by atoms with Gasteiger partial charge in [0.05, 0.1) is 42.9 Å². The lowest BCUT2D eigenvalue weighted by molar-refractivity contribution is -0.117. The van der Waals surface area contributed by atoms with Gasteiger partial charge in [0, 0.05) is 0 Å². The first-order valence-corrected chi connectivity index (χ1v) is 8.00. The number of furan rings is 2. The van der Waals surface area contributed by atoms with Crippen LogP contribution in [0.1, 0.15) is 11.5 Å². The summed E-state index contributed by atoms with van der Waals surface area (Å²) in [4.78, 5) is 14.2. The lowest BCUT2D eigenvalue weighted by atomic mass is 10.3. The first-order chi connectivity index (χ1) is 12.1. The highest BCUT2D eigenvalue weighted by molar-refractivity contribution is 6.33. The van der Waals surface area contributed by atoms with E-state index in [0.29, 0.717) is 18.8 Å². The Morgan fingerprint density at radius 3 is 2.24 bits per heavy atom.